The number of hydrogen-bond acceptors (Lipinski definition) is 3. The Bertz CT molecular complexity index is 313. The second-order valence-electron chi connectivity index (χ2n) is 4.66. The van der Waals surface area contributed by atoms with Crippen LogP contribution in [0.2, 0.25) is 0 Å². The van der Waals surface area contributed by atoms with E-state index in [9.17, 15) is 9.59 Å². The van der Waals surface area contributed by atoms with Gasteiger partial charge in [0.2, 0.25) is 11.8 Å². The van der Waals surface area contributed by atoms with Crippen LogP contribution in [0.3, 0.4) is 0 Å². The van der Waals surface area contributed by atoms with Gasteiger partial charge in [0, 0.05) is 6.61 Å². The van der Waals surface area contributed by atoms with Crippen LogP contribution in [0, 0.1) is 0 Å². The fourth-order valence-electron chi connectivity index (χ4n) is 2.62. The molecule has 1 N–H and O–H groups in total. The lowest BCUT2D eigenvalue weighted by atomic mass is 10.0. The molecule has 17 heavy (non-hydrogen) atoms. The molecule has 0 radical (unpaired) electrons. The smallest absolute Gasteiger partial charge is 0.246 e. The SMILES string of the molecule is CCC1NC(=O)C(CC)N(C2CCOC2)C1=O. The van der Waals surface area contributed by atoms with Crippen molar-refractivity contribution in [2.24, 2.45) is 0 Å². The molecule has 3 unspecified atom stereocenters. The van der Waals surface area contributed by atoms with Gasteiger partial charge in [-0.2, -0.15) is 0 Å². The lowest BCUT2D eigenvalue weighted by Gasteiger charge is -2.41. The van der Waals surface area contributed by atoms with Crippen molar-refractivity contribution in [3.63, 3.8) is 0 Å². The summed E-state index contributed by atoms with van der Waals surface area (Å²) < 4.78 is 5.33. The quantitative estimate of drug-likeness (QED) is 0.771. The molecule has 3 atom stereocenters. The van der Waals surface area contributed by atoms with Gasteiger partial charge in [-0.3, -0.25) is 9.59 Å². The first-order valence-electron chi connectivity index (χ1n) is 6.39. The molecule has 2 saturated heterocycles. The van der Waals surface area contributed by atoms with Crippen molar-refractivity contribution in [2.75, 3.05) is 13.2 Å². The van der Waals surface area contributed by atoms with Gasteiger partial charge in [0.1, 0.15) is 12.1 Å². The van der Waals surface area contributed by atoms with Gasteiger partial charge in [-0.15, -0.1) is 0 Å². The second kappa shape index (κ2) is 5.04. The van der Waals surface area contributed by atoms with Crippen molar-refractivity contribution in [2.45, 2.75) is 51.2 Å². The maximum atomic E-state index is 12.3. The van der Waals surface area contributed by atoms with Gasteiger partial charge >= 0.3 is 0 Å². The summed E-state index contributed by atoms with van der Waals surface area (Å²) in [6, 6.07) is -0.601. The molecule has 96 valence electrons. The first-order valence-corrected chi connectivity index (χ1v) is 6.39. The van der Waals surface area contributed by atoms with Crippen LogP contribution in [0.1, 0.15) is 33.1 Å². The Kier molecular flexibility index (Phi) is 3.66. The molecule has 0 aromatic carbocycles. The zero-order valence-corrected chi connectivity index (χ0v) is 10.4. The minimum atomic E-state index is -0.356. The molecule has 0 bridgehead atoms. The van der Waals surface area contributed by atoms with E-state index in [0.29, 0.717) is 26.1 Å². The number of hydrogen-bond donors (Lipinski definition) is 1. The van der Waals surface area contributed by atoms with Crippen LogP contribution < -0.4 is 5.32 Å². The van der Waals surface area contributed by atoms with E-state index in [-0.39, 0.29) is 29.9 Å². The van der Waals surface area contributed by atoms with Crippen LogP contribution in [0.15, 0.2) is 0 Å². The first kappa shape index (κ1) is 12.4. The van der Waals surface area contributed by atoms with E-state index >= 15 is 0 Å². The van der Waals surface area contributed by atoms with Crippen LogP contribution >= 0.6 is 0 Å². The van der Waals surface area contributed by atoms with E-state index in [1.165, 1.54) is 0 Å². The van der Waals surface area contributed by atoms with Crippen molar-refractivity contribution < 1.29 is 14.3 Å². The van der Waals surface area contributed by atoms with Crippen molar-refractivity contribution in [1.29, 1.82) is 0 Å². The van der Waals surface area contributed by atoms with E-state index < -0.39 is 0 Å². The lowest BCUT2D eigenvalue weighted by molar-refractivity contribution is -0.152. The van der Waals surface area contributed by atoms with Crippen LogP contribution in [0.25, 0.3) is 0 Å². The van der Waals surface area contributed by atoms with E-state index in [4.69, 9.17) is 4.74 Å². The number of ether oxygens (including phenoxy) is 1. The average molecular weight is 240 g/mol. The van der Waals surface area contributed by atoms with Gasteiger partial charge in [-0.05, 0) is 19.3 Å². The minimum Gasteiger partial charge on any atom is -0.379 e. The zero-order chi connectivity index (χ0) is 12.4. The maximum Gasteiger partial charge on any atom is 0.246 e. The third-order valence-electron chi connectivity index (χ3n) is 3.60. The summed E-state index contributed by atoms with van der Waals surface area (Å²) in [5, 5.41) is 2.80. The molecule has 0 aromatic rings. The molecule has 0 aliphatic carbocycles. The average Bonchev–Trinajstić information content (AvgIpc) is 2.84. The molecule has 0 spiro atoms. The third kappa shape index (κ3) is 2.16. The molecule has 2 fully saturated rings. The Morgan fingerprint density at radius 3 is 2.65 bits per heavy atom. The number of amides is 2. The van der Waals surface area contributed by atoms with Crippen molar-refractivity contribution in [1.82, 2.24) is 10.2 Å². The van der Waals surface area contributed by atoms with Crippen LogP contribution in [0.4, 0.5) is 0 Å². The Hall–Kier alpha value is -1.10. The fourth-order valence-corrected chi connectivity index (χ4v) is 2.62. The molecule has 2 aliphatic rings. The Morgan fingerprint density at radius 2 is 2.12 bits per heavy atom. The molecule has 5 nitrogen and oxygen atoms in total. The summed E-state index contributed by atoms with van der Waals surface area (Å²) >= 11 is 0. The largest absolute Gasteiger partial charge is 0.379 e. The second-order valence-corrected chi connectivity index (χ2v) is 4.66. The van der Waals surface area contributed by atoms with Gasteiger partial charge in [0.25, 0.3) is 0 Å². The molecule has 2 rings (SSSR count). The first-order chi connectivity index (χ1) is 8.19. The summed E-state index contributed by atoms with van der Waals surface area (Å²) in [4.78, 5) is 26.0. The number of carbonyl (C=O) groups is 2. The standard InChI is InChI=1S/C12H20N2O3/c1-3-9-12(16)14(8-5-6-17-7-8)10(4-2)11(15)13-9/h8-10H,3-7H2,1-2H3,(H,13,15). The minimum absolute atomic E-state index is 0.0224. The van der Waals surface area contributed by atoms with Gasteiger partial charge in [0.05, 0.1) is 12.6 Å². The van der Waals surface area contributed by atoms with Gasteiger partial charge in [-0.1, -0.05) is 13.8 Å². The van der Waals surface area contributed by atoms with Crippen LogP contribution in [-0.2, 0) is 14.3 Å². The predicted octanol–water partition coefficient (Wildman–Crippen LogP) is 0.291. The van der Waals surface area contributed by atoms with Crippen LogP contribution in [-0.4, -0.2) is 48.1 Å². The summed E-state index contributed by atoms with van der Waals surface area (Å²) in [7, 11) is 0. The summed E-state index contributed by atoms with van der Waals surface area (Å²) in [5.74, 6) is 0.0281. The number of carbonyl (C=O) groups excluding carboxylic acids is 2. The Morgan fingerprint density at radius 1 is 1.35 bits per heavy atom. The van der Waals surface area contributed by atoms with Gasteiger partial charge in [0.15, 0.2) is 0 Å². The van der Waals surface area contributed by atoms with E-state index in [0.717, 1.165) is 6.42 Å². The van der Waals surface area contributed by atoms with Gasteiger partial charge in [-0.25, -0.2) is 0 Å². The molecule has 2 heterocycles. The number of nitrogens with zero attached hydrogens (tertiary/aromatic N) is 1. The summed E-state index contributed by atoms with van der Waals surface area (Å²) in [6.07, 6.45) is 2.14. The third-order valence-corrected chi connectivity index (χ3v) is 3.60. The summed E-state index contributed by atoms with van der Waals surface area (Å²) in [6.45, 7) is 5.10. The zero-order valence-electron chi connectivity index (χ0n) is 10.4. The Labute approximate surface area is 101 Å². The van der Waals surface area contributed by atoms with E-state index in [1.54, 1.807) is 4.90 Å². The number of piperazine rings is 1. The highest BCUT2D eigenvalue weighted by Gasteiger charge is 2.43. The normalized spacial score (nSPS) is 34.0. The van der Waals surface area contributed by atoms with Crippen molar-refractivity contribution in [3.05, 3.63) is 0 Å². The van der Waals surface area contributed by atoms with Gasteiger partial charge < -0.3 is 15.0 Å². The molecular formula is C12H20N2O3. The topological polar surface area (TPSA) is 58.6 Å². The Balaban J connectivity index is 2.21. The monoisotopic (exact) mass is 240 g/mol. The highest BCUT2D eigenvalue weighted by Crippen LogP contribution is 2.22. The van der Waals surface area contributed by atoms with Crippen molar-refractivity contribution in [3.8, 4) is 0 Å². The molecule has 2 aliphatic heterocycles. The maximum absolute atomic E-state index is 12.3. The fraction of sp³-hybridized carbons (Fsp3) is 0.833. The van der Waals surface area contributed by atoms with Crippen LogP contribution in [0.5, 0.6) is 0 Å². The number of rotatable bonds is 3. The summed E-state index contributed by atoms with van der Waals surface area (Å²) in [5.41, 5.74) is 0. The molecule has 0 saturated carbocycles. The van der Waals surface area contributed by atoms with Crippen molar-refractivity contribution >= 4 is 11.8 Å². The number of nitrogens with one attached hydrogen (secondary N) is 1. The van der Waals surface area contributed by atoms with E-state index in [2.05, 4.69) is 5.32 Å². The molecule has 0 aromatic heterocycles. The lowest BCUT2D eigenvalue weighted by Crippen LogP contribution is -2.65. The molecule has 2 amide bonds. The highest BCUT2D eigenvalue weighted by atomic mass is 16.5. The predicted molar refractivity (Wildman–Crippen MR) is 62.4 cm³/mol. The molecule has 5 heteroatoms. The van der Waals surface area contributed by atoms with E-state index in [1.807, 2.05) is 13.8 Å². The molecular weight excluding hydrogens is 220 g/mol. The highest BCUT2D eigenvalue weighted by molar-refractivity contribution is 5.97.